The average Bonchev–Trinajstić information content (AvgIpc) is 2.64. The fourth-order valence-corrected chi connectivity index (χ4v) is 1.81. The third-order valence-electron chi connectivity index (χ3n) is 2.56. The molecule has 0 bridgehead atoms. The molecule has 4 nitrogen and oxygen atoms in total. The van der Waals surface area contributed by atoms with Crippen LogP contribution in [0.25, 0.3) is 0 Å². The van der Waals surface area contributed by atoms with E-state index in [9.17, 15) is 10.1 Å². The molecular formula is C11H13NO3. The van der Waals surface area contributed by atoms with Crippen molar-refractivity contribution in [2.75, 3.05) is 13.2 Å². The predicted octanol–water partition coefficient (Wildman–Crippen LogP) is 1.83. The lowest BCUT2D eigenvalue weighted by Crippen LogP contribution is -2.01. The molecule has 0 unspecified atom stereocenters. The molecule has 15 heavy (non-hydrogen) atoms. The normalized spacial score (nSPS) is 13.3. The van der Waals surface area contributed by atoms with E-state index in [0.717, 1.165) is 25.2 Å². The largest absolute Gasteiger partial charge is 0.493 e. The van der Waals surface area contributed by atoms with Crippen LogP contribution in [0.4, 0.5) is 0 Å². The van der Waals surface area contributed by atoms with Gasteiger partial charge in [0.25, 0.3) is 0 Å². The van der Waals surface area contributed by atoms with Crippen LogP contribution in [0.5, 0.6) is 5.75 Å². The van der Waals surface area contributed by atoms with E-state index in [1.165, 1.54) is 11.1 Å². The van der Waals surface area contributed by atoms with Gasteiger partial charge in [0.2, 0.25) is 6.54 Å². The van der Waals surface area contributed by atoms with E-state index in [4.69, 9.17) is 4.74 Å². The summed E-state index contributed by atoms with van der Waals surface area (Å²) in [7, 11) is 0. The van der Waals surface area contributed by atoms with E-state index in [1.807, 2.05) is 12.1 Å². The van der Waals surface area contributed by atoms with Crippen LogP contribution in [0.15, 0.2) is 18.2 Å². The van der Waals surface area contributed by atoms with Gasteiger partial charge in [-0.1, -0.05) is 12.1 Å². The van der Waals surface area contributed by atoms with Crippen LogP contribution < -0.4 is 4.74 Å². The maximum Gasteiger partial charge on any atom is 0.204 e. The molecule has 0 saturated heterocycles. The highest BCUT2D eigenvalue weighted by molar-refractivity contribution is 5.39. The Bertz CT molecular complexity index is 376. The van der Waals surface area contributed by atoms with Crippen molar-refractivity contribution in [3.05, 3.63) is 39.4 Å². The van der Waals surface area contributed by atoms with Gasteiger partial charge in [0.05, 0.1) is 6.61 Å². The maximum atomic E-state index is 10.2. The fourth-order valence-electron chi connectivity index (χ4n) is 1.81. The van der Waals surface area contributed by atoms with E-state index in [0.29, 0.717) is 6.42 Å². The van der Waals surface area contributed by atoms with Gasteiger partial charge in [0.15, 0.2) is 0 Å². The van der Waals surface area contributed by atoms with Gasteiger partial charge in [-0.2, -0.15) is 0 Å². The molecule has 0 aliphatic carbocycles. The fraction of sp³-hybridized carbons (Fsp3) is 0.455. The van der Waals surface area contributed by atoms with Gasteiger partial charge in [-0.3, -0.25) is 10.1 Å². The zero-order chi connectivity index (χ0) is 10.7. The minimum absolute atomic E-state index is 0.0492. The zero-order valence-corrected chi connectivity index (χ0v) is 8.44. The second kappa shape index (κ2) is 4.29. The second-order valence-electron chi connectivity index (χ2n) is 3.70. The topological polar surface area (TPSA) is 52.4 Å². The van der Waals surface area contributed by atoms with Crippen LogP contribution in [-0.2, 0) is 12.8 Å². The summed E-state index contributed by atoms with van der Waals surface area (Å²) in [6.45, 7) is 0.807. The van der Waals surface area contributed by atoms with Crippen LogP contribution in [0, 0.1) is 10.1 Å². The van der Waals surface area contributed by atoms with Crippen LogP contribution >= 0.6 is 0 Å². The summed E-state index contributed by atoms with van der Waals surface area (Å²) >= 11 is 0. The molecule has 0 N–H and O–H groups in total. The molecule has 0 fully saturated rings. The van der Waals surface area contributed by atoms with Crippen molar-refractivity contribution < 1.29 is 9.66 Å². The minimum atomic E-state index is -0.267. The summed E-state index contributed by atoms with van der Waals surface area (Å²) in [5.74, 6) is 0.966. The number of fused-ring (bicyclic) bond motifs is 1. The van der Waals surface area contributed by atoms with Gasteiger partial charge in [0.1, 0.15) is 5.75 Å². The van der Waals surface area contributed by atoms with E-state index < -0.39 is 0 Å². The Morgan fingerprint density at radius 3 is 3.13 bits per heavy atom. The Labute approximate surface area is 88.0 Å². The molecule has 0 atom stereocenters. The number of hydrogen-bond donors (Lipinski definition) is 0. The van der Waals surface area contributed by atoms with Gasteiger partial charge in [-0.25, -0.2) is 0 Å². The van der Waals surface area contributed by atoms with E-state index >= 15 is 0 Å². The molecule has 4 heteroatoms. The third kappa shape index (κ3) is 2.46. The van der Waals surface area contributed by atoms with Crippen molar-refractivity contribution >= 4 is 0 Å². The summed E-state index contributed by atoms with van der Waals surface area (Å²) in [5, 5.41) is 10.2. The van der Waals surface area contributed by atoms with Crippen molar-refractivity contribution in [3.8, 4) is 5.75 Å². The Morgan fingerprint density at radius 2 is 2.33 bits per heavy atom. The van der Waals surface area contributed by atoms with Crippen molar-refractivity contribution in [2.45, 2.75) is 19.3 Å². The van der Waals surface area contributed by atoms with E-state index in [2.05, 4.69) is 6.07 Å². The van der Waals surface area contributed by atoms with Gasteiger partial charge < -0.3 is 4.74 Å². The molecule has 1 aromatic rings. The average molecular weight is 207 g/mol. The molecule has 1 aliphatic rings. The first-order chi connectivity index (χ1) is 7.25. The highest BCUT2D eigenvalue weighted by Crippen LogP contribution is 2.26. The van der Waals surface area contributed by atoms with Crippen LogP contribution in [0.2, 0.25) is 0 Å². The lowest BCUT2D eigenvalue weighted by molar-refractivity contribution is -0.480. The summed E-state index contributed by atoms with van der Waals surface area (Å²) < 4.78 is 5.39. The van der Waals surface area contributed by atoms with Crippen molar-refractivity contribution in [1.82, 2.24) is 0 Å². The molecular weight excluding hydrogens is 194 g/mol. The van der Waals surface area contributed by atoms with Gasteiger partial charge in [-0.05, 0) is 23.6 Å². The van der Waals surface area contributed by atoms with Crippen LogP contribution in [0.1, 0.15) is 17.5 Å². The summed E-state index contributed by atoms with van der Waals surface area (Å²) in [6.07, 6.45) is 2.33. The number of benzene rings is 1. The standard InChI is InChI=1S/C11H13NO3/c13-12(14)6-1-2-9-3-4-11-10(8-9)5-7-15-11/h3-4,8H,1-2,5-7H2. The molecule has 0 aromatic heterocycles. The number of nitrogens with zero attached hydrogens (tertiary/aromatic N) is 1. The Hall–Kier alpha value is -1.58. The smallest absolute Gasteiger partial charge is 0.204 e. The molecule has 0 radical (unpaired) electrons. The Balaban J connectivity index is 1.95. The number of ether oxygens (including phenoxy) is 1. The minimum Gasteiger partial charge on any atom is -0.493 e. The maximum absolute atomic E-state index is 10.2. The molecule has 1 aromatic carbocycles. The van der Waals surface area contributed by atoms with E-state index in [1.54, 1.807) is 0 Å². The Kier molecular flexibility index (Phi) is 2.85. The number of nitro groups is 1. The zero-order valence-electron chi connectivity index (χ0n) is 8.44. The summed E-state index contributed by atoms with van der Waals surface area (Å²) in [6, 6.07) is 6.05. The first-order valence-corrected chi connectivity index (χ1v) is 5.12. The molecule has 80 valence electrons. The summed E-state index contributed by atoms with van der Waals surface area (Å²) in [4.78, 5) is 9.89. The highest BCUT2D eigenvalue weighted by atomic mass is 16.6. The third-order valence-corrected chi connectivity index (χ3v) is 2.56. The molecule has 0 saturated carbocycles. The predicted molar refractivity (Wildman–Crippen MR) is 55.8 cm³/mol. The molecule has 0 spiro atoms. The monoisotopic (exact) mass is 207 g/mol. The molecule has 1 heterocycles. The van der Waals surface area contributed by atoms with Crippen LogP contribution in [0.3, 0.4) is 0 Å². The highest BCUT2D eigenvalue weighted by Gasteiger charge is 2.11. The van der Waals surface area contributed by atoms with Gasteiger partial charge >= 0.3 is 0 Å². The SMILES string of the molecule is O=[N+]([O-])CCCc1ccc2c(c1)CCO2. The second-order valence-corrected chi connectivity index (χ2v) is 3.70. The van der Waals surface area contributed by atoms with Crippen molar-refractivity contribution in [1.29, 1.82) is 0 Å². The summed E-state index contributed by atoms with van der Waals surface area (Å²) in [5.41, 5.74) is 2.40. The lowest BCUT2D eigenvalue weighted by Gasteiger charge is -2.02. The number of rotatable bonds is 4. The quantitative estimate of drug-likeness (QED) is 0.559. The lowest BCUT2D eigenvalue weighted by atomic mass is 10.1. The van der Waals surface area contributed by atoms with Crippen molar-refractivity contribution in [2.24, 2.45) is 0 Å². The molecule has 1 aliphatic heterocycles. The number of aryl methyl sites for hydroxylation is 1. The first kappa shape index (κ1) is 9.96. The molecule has 0 amide bonds. The van der Waals surface area contributed by atoms with Gasteiger partial charge in [0, 0.05) is 17.8 Å². The van der Waals surface area contributed by atoms with E-state index in [-0.39, 0.29) is 11.5 Å². The number of hydrogen-bond acceptors (Lipinski definition) is 3. The van der Waals surface area contributed by atoms with Crippen LogP contribution in [-0.4, -0.2) is 18.1 Å². The first-order valence-electron chi connectivity index (χ1n) is 5.12. The van der Waals surface area contributed by atoms with Gasteiger partial charge in [-0.15, -0.1) is 0 Å². The molecule has 2 rings (SSSR count). The van der Waals surface area contributed by atoms with Crippen molar-refractivity contribution in [3.63, 3.8) is 0 Å². The Morgan fingerprint density at radius 1 is 1.47 bits per heavy atom.